The fourth-order valence-electron chi connectivity index (χ4n) is 2.34. The first kappa shape index (κ1) is 14.6. The maximum atomic E-state index is 12.2. The van der Waals surface area contributed by atoms with Crippen molar-refractivity contribution in [3.63, 3.8) is 0 Å². The number of nitrogens with one attached hydrogen (secondary N) is 1. The van der Waals surface area contributed by atoms with Crippen LogP contribution in [0.15, 0.2) is 39.8 Å². The largest absolute Gasteiger partial charge is 0.360 e. The lowest BCUT2D eigenvalue weighted by Crippen LogP contribution is -2.23. The molecule has 1 amide bonds. The highest BCUT2D eigenvalue weighted by molar-refractivity contribution is 7.92. The summed E-state index contributed by atoms with van der Waals surface area (Å²) < 4.78 is 31.6. The average Bonchev–Trinajstić information content (AvgIpc) is 3.07. The molecule has 1 aliphatic rings. The second kappa shape index (κ2) is 5.45. The predicted octanol–water partition coefficient (Wildman–Crippen LogP) is 1.91. The number of benzene rings is 1. The van der Waals surface area contributed by atoms with Crippen molar-refractivity contribution in [1.29, 1.82) is 0 Å². The minimum Gasteiger partial charge on any atom is -0.360 e. The van der Waals surface area contributed by atoms with E-state index < -0.39 is 10.0 Å². The molecule has 7 nitrogen and oxygen atoms in total. The standard InChI is InChI=1S/C14H15N3O4S/c1-10-9-13(15-21-10)16-22(19,20)12-6-4-11(5-7-12)17-8-2-3-14(17)18/h4-7,9H,2-3,8H2,1H3,(H,15,16). The van der Waals surface area contributed by atoms with E-state index in [2.05, 4.69) is 9.88 Å². The third kappa shape index (κ3) is 2.82. The molecule has 0 saturated carbocycles. The summed E-state index contributed by atoms with van der Waals surface area (Å²) in [5.74, 6) is 0.712. The van der Waals surface area contributed by atoms with Crippen LogP contribution in [-0.2, 0) is 14.8 Å². The summed E-state index contributed by atoms with van der Waals surface area (Å²) in [7, 11) is -3.73. The number of aromatic nitrogens is 1. The Morgan fingerprint density at radius 1 is 1.27 bits per heavy atom. The predicted molar refractivity (Wildman–Crippen MR) is 80.1 cm³/mol. The summed E-state index contributed by atoms with van der Waals surface area (Å²) in [5.41, 5.74) is 0.707. The molecule has 1 aliphatic heterocycles. The molecule has 3 rings (SSSR count). The van der Waals surface area contributed by atoms with Crippen LogP contribution >= 0.6 is 0 Å². The van der Waals surface area contributed by atoms with Crippen molar-refractivity contribution >= 4 is 27.4 Å². The zero-order valence-corrected chi connectivity index (χ0v) is 12.8. The summed E-state index contributed by atoms with van der Waals surface area (Å²) in [6, 6.07) is 7.69. The van der Waals surface area contributed by atoms with E-state index in [4.69, 9.17) is 4.52 Å². The zero-order valence-electron chi connectivity index (χ0n) is 11.9. The molecule has 1 saturated heterocycles. The molecule has 22 heavy (non-hydrogen) atoms. The van der Waals surface area contributed by atoms with Crippen LogP contribution in [-0.4, -0.2) is 26.0 Å². The van der Waals surface area contributed by atoms with Crippen molar-refractivity contribution in [2.24, 2.45) is 0 Å². The lowest BCUT2D eigenvalue weighted by Gasteiger charge is -2.15. The van der Waals surface area contributed by atoms with Crippen LogP contribution in [0.4, 0.5) is 11.5 Å². The topological polar surface area (TPSA) is 92.5 Å². The summed E-state index contributed by atoms with van der Waals surface area (Å²) >= 11 is 0. The quantitative estimate of drug-likeness (QED) is 0.928. The maximum absolute atomic E-state index is 12.2. The number of carbonyl (C=O) groups is 1. The Morgan fingerprint density at radius 2 is 2.00 bits per heavy atom. The molecule has 0 radical (unpaired) electrons. The van der Waals surface area contributed by atoms with Gasteiger partial charge >= 0.3 is 0 Å². The first-order valence-corrected chi connectivity index (χ1v) is 8.30. The van der Waals surface area contributed by atoms with Crippen molar-refractivity contribution in [3.8, 4) is 0 Å². The number of aryl methyl sites for hydroxylation is 1. The van der Waals surface area contributed by atoms with Crippen LogP contribution in [0.3, 0.4) is 0 Å². The SMILES string of the molecule is Cc1cc(NS(=O)(=O)c2ccc(N3CCCC3=O)cc2)no1. The molecule has 0 unspecified atom stereocenters. The van der Waals surface area contributed by atoms with Gasteiger partial charge in [0.1, 0.15) is 5.76 Å². The highest BCUT2D eigenvalue weighted by Crippen LogP contribution is 2.23. The van der Waals surface area contributed by atoms with Crippen molar-refractivity contribution in [2.45, 2.75) is 24.7 Å². The van der Waals surface area contributed by atoms with Crippen LogP contribution in [0.5, 0.6) is 0 Å². The Hall–Kier alpha value is -2.35. The van der Waals surface area contributed by atoms with Crippen LogP contribution in [0.1, 0.15) is 18.6 Å². The molecule has 2 heterocycles. The van der Waals surface area contributed by atoms with Crippen molar-refractivity contribution < 1.29 is 17.7 Å². The van der Waals surface area contributed by atoms with E-state index in [0.29, 0.717) is 24.4 Å². The molecule has 0 aliphatic carbocycles. The van der Waals surface area contributed by atoms with Crippen LogP contribution in [0, 0.1) is 6.92 Å². The molecule has 0 atom stereocenters. The van der Waals surface area contributed by atoms with Crippen molar-refractivity contribution in [1.82, 2.24) is 5.16 Å². The Kier molecular flexibility index (Phi) is 3.61. The average molecular weight is 321 g/mol. The van der Waals surface area contributed by atoms with Gasteiger partial charge in [0, 0.05) is 24.7 Å². The van der Waals surface area contributed by atoms with E-state index in [-0.39, 0.29) is 16.6 Å². The van der Waals surface area contributed by atoms with Gasteiger partial charge in [0.15, 0.2) is 5.82 Å². The summed E-state index contributed by atoms with van der Waals surface area (Å²) in [6.45, 7) is 2.34. The van der Waals surface area contributed by atoms with Crippen LogP contribution < -0.4 is 9.62 Å². The number of hydrogen-bond acceptors (Lipinski definition) is 5. The second-order valence-electron chi connectivity index (χ2n) is 5.07. The Balaban J connectivity index is 1.81. The number of carbonyl (C=O) groups excluding carboxylic acids is 1. The van der Waals surface area contributed by atoms with E-state index in [1.807, 2.05) is 0 Å². The first-order chi connectivity index (χ1) is 10.5. The number of sulfonamides is 1. The van der Waals surface area contributed by atoms with Crippen LogP contribution in [0.2, 0.25) is 0 Å². The van der Waals surface area contributed by atoms with Gasteiger partial charge in [-0.2, -0.15) is 0 Å². The minimum absolute atomic E-state index is 0.0619. The third-order valence-corrected chi connectivity index (χ3v) is 4.77. The summed E-state index contributed by atoms with van der Waals surface area (Å²) in [4.78, 5) is 13.4. The number of nitrogens with zero attached hydrogens (tertiary/aromatic N) is 2. The van der Waals surface area contributed by atoms with Crippen LogP contribution in [0.25, 0.3) is 0 Å². The second-order valence-corrected chi connectivity index (χ2v) is 6.75. The molecule has 1 aromatic carbocycles. The number of amides is 1. The minimum atomic E-state index is -3.73. The molecular weight excluding hydrogens is 306 g/mol. The van der Waals surface area contributed by atoms with Gasteiger partial charge in [-0.05, 0) is 37.6 Å². The van der Waals surface area contributed by atoms with E-state index in [0.717, 1.165) is 6.42 Å². The molecule has 2 aromatic rings. The smallest absolute Gasteiger partial charge is 0.263 e. The summed E-state index contributed by atoms with van der Waals surface area (Å²) in [5, 5.41) is 3.60. The molecule has 0 spiro atoms. The van der Waals surface area contributed by atoms with Crippen molar-refractivity contribution in [3.05, 3.63) is 36.1 Å². The molecule has 1 N–H and O–H groups in total. The molecule has 8 heteroatoms. The maximum Gasteiger partial charge on any atom is 0.263 e. The third-order valence-electron chi connectivity index (χ3n) is 3.40. The molecule has 0 bridgehead atoms. The zero-order chi connectivity index (χ0) is 15.7. The van der Waals surface area contributed by atoms with E-state index in [1.54, 1.807) is 24.0 Å². The number of rotatable bonds is 4. The Bertz CT molecular complexity index is 796. The monoisotopic (exact) mass is 321 g/mol. The van der Waals surface area contributed by atoms with E-state index in [9.17, 15) is 13.2 Å². The van der Waals surface area contributed by atoms with Gasteiger partial charge in [-0.1, -0.05) is 5.16 Å². The van der Waals surface area contributed by atoms with Gasteiger partial charge in [0.25, 0.3) is 10.0 Å². The molecular formula is C14H15N3O4S. The fraction of sp³-hybridized carbons (Fsp3) is 0.286. The normalized spacial score (nSPS) is 15.3. The molecule has 1 aromatic heterocycles. The summed E-state index contributed by atoms with van der Waals surface area (Å²) in [6.07, 6.45) is 1.36. The van der Waals surface area contributed by atoms with Gasteiger partial charge in [0.2, 0.25) is 5.91 Å². The molecule has 1 fully saturated rings. The van der Waals surface area contributed by atoms with E-state index in [1.165, 1.54) is 18.2 Å². The van der Waals surface area contributed by atoms with Crippen molar-refractivity contribution in [2.75, 3.05) is 16.2 Å². The fourth-order valence-corrected chi connectivity index (χ4v) is 3.32. The number of anilines is 2. The van der Waals surface area contributed by atoms with E-state index >= 15 is 0 Å². The lowest BCUT2D eigenvalue weighted by molar-refractivity contribution is -0.117. The van der Waals surface area contributed by atoms with Gasteiger partial charge < -0.3 is 9.42 Å². The van der Waals surface area contributed by atoms with Gasteiger partial charge in [0.05, 0.1) is 4.90 Å². The molecule has 116 valence electrons. The Labute approximate surface area is 128 Å². The highest BCUT2D eigenvalue weighted by Gasteiger charge is 2.22. The Morgan fingerprint density at radius 3 is 2.55 bits per heavy atom. The first-order valence-electron chi connectivity index (χ1n) is 6.82. The highest BCUT2D eigenvalue weighted by atomic mass is 32.2. The van der Waals surface area contributed by atoms with Gasteiger partial charge in [-0.15, -0.1) is 0 Å². The number of hydrogen-bond donors (Lipinski definition) is 1. The lowest BCUT2D eigenvalue weighted by atomic mass is 10.3. The van der Waals surface area contributed by atoms with Gasteiger partial charge in [-0.3, -0.25) is 9.52 Å². The van der Waals surface area contributed by atoms with Gasteiger partial charge in [-0.25, -0.2) is 8.42 Å².